The van der Waals surface area contributed by atoms with Crippen molar-refractivity contribution >= 4 is 12.6 Å². The second kappa shape index (κ2) is 6.35. The summed E-state index contributed by atoms with van der Waals surface area (Å²) < 4.78 is 5.29. The lowest BCUT2D eigenvalue weighted by Crippen LogP contribution is -2.38. The van der Waals surface area contributed by atoms with Gasteiger partial charge >= 0.3 is 0 Å². The zero-order valence-corrected chi connectivity index (χ0v) is 9.49. The van der Waals surface area contributed by atoms with Crippen LogP contribution in [0.1, 0.15) is 19.8 Å². The summed E-state index contributed by atoms with van der Waals surface area (Å²) >= 11 is 0. The highest BCUT2D eigenvalue weighted by Gasteiger charge is 2.13. The first-order chi connectivity index (χ1) is 7.26. The summed E-state index contributed by atoms with van der Waals surface area (Å²) in [4.78, 5) is 8.01. The first kappa shape index (κ1) is 11.9. The highest BCUT2D eigenvalue weighted by Crippen LogP contribution is 2.06. The molecule has 4 nitrogen and oxygen atoms in total. The van der Waals surface area contributed by atoms with Gasteiger partial charge in [0.15, 0.2) is 0 Å². The maximum Gasteiger partial charge on any atom is 0.122 e. The van der Waals surface area contributed by atoms with Crippen molar-refractivity contribution in [1.82, 2.24) is 5.32 Å². The average molecular weight is 209 g/mol. The normalized spacial score (nSPS) is 20.1. The van der Waals surface area contributed by atoms with Gasteiger partial charge in [0.1, 0.15) is 5.84 Å². The van der Waals surface area contributed by atoms with E-state index in [4.69, 9.17) is 4.74 Å². The predicted octanol–water partition coefficient (Wildman–Crippen LogP) is 1.39. The monoisotopic (exact) mass is 209 g/mol. The van der Waals surface area contributed by atoms with E-state index in [2.05, 4.69) is 22.0 Å². The van der Waals surface area contributed by atoms with E-state index >= 15 is 0 Å². The molecule has 1 fully saturated rings. The van der Waals surface area contributed by atoms with E-state index < -0.39 is 0 Å². The van der Waals surface area contributed by atoms with Crippen LogP contribution in [0.2, 0.25) is 0 Å². The molecule has 0 aliphatic carbocycles. The first-order valence-electron chi connectivity index (χ1n) is 5.22. The number of ether oxygens (including phenoxy) is 1. The van der Waals surface area contributed by atoms with Gasteiger partial charge in [0.2, 0.25) is 0 Å². The lowest BCUT2D eigenvalue weighted by Gasteiger charge is -2.23. The molecule has 0 unspecified atom stereocenters. The summed E-state index contributed by atoms with van der Waals surface area (Å²) in [6, 6.07) is 0.464. The maximum absolute atomic E-state index is 5.29. The smallest absolute Gasteiger partial charge is 0.122 e. The standard InChI is InChI=1S/C11H19N3O/c1-9(12-2)8-11(13-3)14-10-4-6-15-7-5-10/h8,10H,2,4-7H2,1,3H3,(H,13,14)/b9-8-. The molecule has 1 aliphatic heterocycles. The van der Waals surface area contributed by atoms with Gasteiger partial charge in [0, 0.05) is 38.1 Å². The van der Waals surface area contributed by atoms with Gasteiger partial charge in [-0.2, -0.15) is 0 Å². The lowest BCUT2D eigenvalue weighted by molar-refractivity contribution is 0.0825. The zero-order chi connectivity index (χ0) is 11.1. The van der Waals surface area contributed by atoms with Crippen molar-refractivity contribution in [3.05, 3.63) is 11.8 Å². The quantitative estimate of drug-likeness (QED) is 0.564. The number of amidine groups is 1. The van der Waals surface area contributed by atoms with Crippen LogP contribution in [-0.4, -0.2) is 38.9 Å². The Kier molecular flexibility index (Phi) is 5.04. The highest BCUT2D eigenvalue weighted by atomic mass is 16.5. The molecule has 4 heteroatoms. The Morgan fingerprint density at radius 2 is 2.13 bits per heavy atom. The minimum atomic E-state index is 0.464. The lowest BCUT2D eigenvalue weighted by atomic mass is 10.1. The second-order valence-electron chi connectivity index (χ2n) is 3.58. The summed E-state index contributed by atoms with van der Waals surface area (Å²) in [6.45, 7) is 7.04. The highest BCUT2D eigenvalue weighted by molar-refractivity contribution is 5.93. The van der Waals surface area contributed by atoms with Gasteiger partial charge in [-0.3, -0.25) is 9.98 Å². The molecule has 1 aliphatic rings. The minimum Gasteiger partial charge on any atom is -0.381 e. The van der Waals surface area contributed by atoms with Crippen LogP contribution < -0.4 is 5.32 Å². The van der Waals surface area contributed by atoms with E-state index in [-0.39, 0.29) is 0 Å². The molecule has 0 aromatic carbocycles. The number of nitrogens with zero attached hydrogens (tertiary/aromatic N) is 2. The fraction of sp³-hybridized carbons (Fsp3) is 0.636. The Balaban J connectivity index is 2.49. The maximum atomic E-state index is 5.29. The van der Waals surface area contributed by atoms with Crippen LogP contribution in [0.15, 0.2) is 21.8 Å². The Labute approximate surface area is 91.1 Å². The zero-order valence-electron chi connectivity index (χ0n) is 9.49. The Morgan fingerprint density at radius 1 is 1.47 bits per heavy atom. The van der Waals surface area contributed by atoms with Crippen LogP contribution in [0, 0.1) is 0 Å². The van der Waals surface area contributed by atoms with E-state index in [0.717, 1.165) is 37.6 Å². The molecule has 0 amide bonds. The van der Waals surface area contributed by atoms with E-state index in [0.29, 0.717) is 6.04 Å². The third kappa shape index (κ3) is 4.25. The van der Waals surface area contributed by atoms with Crippen molar-refractivity contribution in [2.75, 3.05) is 20.3 Å². The molecule has 0 atom stereocenters. The Hall–Kier alpha value is -1.16. The molecule has 1 N–H and O–H groups in total. The van der Waals surface area contributed by atoms with Crippen LogP contribution in [0.25, 0.3) is 0 Å². The van der Waals surface area contributed by atoms with Crippen LogP contribution in [0.3, 0.4) is 0 Å². The predicted molar refractivity (Wildman–Crippen MR) is 63.6 cm³/mol. The fourth-order valence-corrected chi connectivity index (χ4v) is 1.47. The SMILES string of the molecule is C=N/C(C)=C\C(=NC)NC1CCOCC1. The minimum absolute atomic E-state index is 0.464. The second-order valence-corrected chi connectivity index (χ2v) is 3.58. The van der Waals surface area contributed by atoms with Crippen LogP contribution in [-0.2, 0) is 4.74 Å². The number of aliphatic imine (C=N–C) groups is 2. The van der Waals surface area contributed by atoms with E-state index in [1.165, 1.54) is 0 Å². The molecule has 1 heterocycles. The third-order valence-corrected chi connectivity index (χ3v) is 2.41. The van der Waals surface area contributed by atoms with E-state index in [1.807, 2.05) is 13.0 Å². The summed E-state index contributed by atoms with van der Waals surface area (Å²) in [6.07, 6.45) is 3.98. The summed E-state index contributed by atoms with van der Waals surface area (Å²) in [5.74, 6) is 0.867. The molecule has 1 saturated heterocycles. The topological polar surface area (TPSA) is 46.0 Å². The molecule has 15 heavy (non-hydrogen) atoms. The molecule has 1 rings (SSSR count). The third-order valence-electron chi connectivity index (χ3n) is 2.41. The number of hydrogen-bond donors (Lipinski definition) is 1. The number of rotatable bonds is 3. The van der Waals surface area contributed by atoms with Crippen molar-refractivity contribution in [3.8, 4) is 0 Å². The Bertz CT molecular complexity index is 265. The summed E-state index contributed by atoms with van der Waals surface area (Å²) in [7, 11) is 1.77. The van der Waals surface area contributed by atoms with Crippen molar-refractivity contribution in [1.29, 1.82) is 0 Å². The van der Waals surface area contributed by atoms with E-state index in [1.54, 1.807) is 7.05 Å². The molecule has 0 radical (unpaired) electrons. The largest absolute Gasteiger partial charge is 0.381 e. The molecule has 0 aromatic heterocycles. The summed E-state index contributed by atoms with van der Waals surface area (Å²) in [5, 5.41) is 3.38. The molecule has 0 saturated carbocycles. The first-order valence-corrected chi connectivity index (χ1v) is 5.22. The van der Waals surface area contributed by atoms with Crippen molar-refractivity contribution in [2.45, 2.75) is 25.8 Å². The number of nitrogens with one attached hydrogen (secondary N) is 1. The van der Waals surface area contributed by atoms with Gasteiger partial charge in [-0.05, 0) is 26.5 Å². The van der Waals surface area contributed by atoms with Crippen LogP contribution in [0.4, 0.5) is 0 Å². The van der Waals surface area contributed by atoms with Crippen LogP contribution in [0.5, 0.6) is 0 Å². The van der Waals surface area contributed by atoms with E-state index in [9.17, 15) is 0 Å². The van der Waals surface area contributed by atoms with Gasteiger partial charge in [-0.25, -0.2) is 0 Å². The van der Waals surface area contributed by atoms with Crippen molar-refractivity contribution < 1.29 is 4.74 Å². The molecule has 0 aromatic rings. The van der Waals surface area contributed by atoms with Crippen molar-refractivity contribution in [3.63, 3.8) is 0 Å². The average Bonchev–Trinajstić information content (AvgIpc) is 2.29. The molecule has 0 spiro atoms. The Morgan fingerprint density at radius 3 is 2.67 bits per heavy atom. The van der Waals surface area contributed by atoms with Gasteiger partial charge in [-0.15, -0.1) is 0 Å². The number of hydrogen-bond acceptors (Lipinski definition) is 3. The van der Waals surface area contributed by atoms with Crippen molar-refractivity contribution in [2.24, 2.45) is 9.98 Å². The number of allylic oxidation sites excluding steroid dienone is 1. The molecular formula is C11H19N3O. The van der Waals surface area contributed by atoms with Gasteiger partial charge < -0.3 is 10.1 Å². The van der Waals surface area contributed by atoms with Crippen LogP contribution >= 0.6 is 0 Å². The van der Waals surface area contributed by atoms with Gasteiger partial charge in [0.05, 0.1) is 0 Å². The fourth-order valence-electron chi connectivity index (χ4n) is 1.47. The van der Waals surface area contributed by atoms with Gasteiger partial charge in [0.25, 0.3) is 0 Å². The molecule has 0 bridgehead atoms. The summed E-state index contributed by atoms with van der Waals surface area (Å²) in [5.41, 5.74) is 0.871. The van der Waals surface area contributed by atoms with Gasteiger partial charge in [-0.1, -0.05) is 0 Å². The molecular weight excluding hydrogens is 190 g/mol. The molecule has 84 valence electrons.